The van der Waals surface area contributed by atoms with Crippen LogP contribution in [0, 0.1) is 0 Å². The van der Waals surface area contributed by atoms with Crippen LogP contribution >= 0.6 is 0 Å². The molecule has 0 saturated carbocycles. The molecule has 2 N–H and O–H groups in total. The van der Waals surface area contributed by atoms with Crippen LogP contribution in [-0.2, 0) is 13.0 Å². The summed E-state index contributed by atoms with van der Waals surface area (Å²) >= 11 is 0. The average molecular weight is 347 g/mol. The summed E-state index contributed by atoms with van der Waals surface area (Å²) in [6.07, 6.45) is 5.86. The van der Waals surface area contributed by atoms with Gasteiger partial charge in [-0.05, 0) is 42.2 Å². The van der Waals surface area contributed by atoms with Crippen LogP contribution in [0.1, 0.15) is 17.5 Å². The zero-order chi connectivity index (χ0) is 18.0. The van der Waals surface area contributed by atoms with Crippen molar-refractivity contribution in [3.8, 4) is 5.69 Å². The largest absolute Gasteiger partial charge is 0.356 e. The molecule has 0 fully saturated rings. The van der Waals surface area contributed by atoms with Crippen LogP contribution in [0.5, 0.6) is 0 Å². The standard InChI is InChI=1S/C21H25N5/c1-22-21(23-13-6-11-18-8-3-2-4-9-18)24-17-19-10-5-12-20(16-19)26-15-7-14-25-26/h2-5,7-10,12,14-16H,6,11,13,17H2,1H3,(H2,22,23,24). The van der Waals surface area contributed by atoms with Gasteiger partial charge in [0.2, 0.25) is 0 Å². The highest BCUT2D eigenvalue weighted by Gasteiger charge is 2.01. The lowest BCUT2D eigenvalue weighted by molar-refractivity contribution is 0.741. The molecule has 0 amide bonds. The van der Waals surface area contributed by atoms with Gasteiger partial charge in [0, 0.05) is 32.5 Å². The first kappa shape index (κ1) is 17.7. The lowest BCUT2D eigenvalue weighted by Crippen LogP contribution is -2.37. The second-order valence-electron chi connectivity index (χ2n) is 6.06. The van der Waals surface area contributed by atoms with Gasteiger partial charge in [0.05, 0.1) is 5.69 Å². The number of guanidine groups is 1. The molecular formula is C21H25N5. The van der Waals surface area contributed by atoms with E-state index in [0.717, 1.165) is 31.0 Å². The molecular weight excluding hydrogens is 322 g/mol. The molecule has 0 aliphatic rings. The number of rotatable bonds is 7. The molecule has 0 saturated heterocycles. The average Bonchev–Trinajstić information content (AvgIpc) is 3.23. The van der Waals surface area contributed by atoms with Crippen molar-refractivity contribution in [3.63, 3.8) is 0 Å². The fourth-order valence-corrected chi connectivity index (χ4v) is 2.78. The van der Waals surface area contributed by atoms with Gasteiger partial charge in [0.25, 0.3) is 0 Å². The molecule has 0 aliphatic carbocycles. The first-order valence-corrected chi connectivity index (χ1v) is 8.92. The highest BCUT2D eigenvalue weighted by Crippen LogP contribution is 2.09. The second kappa shape index (κ2) is 9.42. The Labute approximate surface area is 154 Å². The van der Waals surface area contributed by atoms with E-state index in [2.05, 4.69) is 63.2 Å². The molecule has 5 heteroatoms. The van der Waals surface area contributed by atoms with Crippen molar-refractivity contribution in [1.29, 1.82) is 0 Å². The van der Waals surface area contributed by atoms with E-state index in [1.807, 2.05) is 29.1 Å². The smallest absolute Gasteiger partial charge is 0.191 e. The first-order chi connectivity index (χ1) is 12.8. The minimum Gasteiger partial charge on any atom is -0.356 e. The Bertz CT molecular complexity index is 809. The van der Waals surface area contributed by atoms with Crippen molar-refractivity contribution < 1.29 is 0 Å². The SMILES string of the molecule is CN=C(NCCCc1ccccc1)NCc1cccc(-n2cccn2)c1. The van der Waals surface area contributed by atoms with Gasteiger partial charge in [0.1, 0.15) is 0 Å². The van der Waals surface area contributed by atoms with Crippen LogP contribution in [-0.4, -0.2) is 29.3 Å². The summed E-state index contributed by atoms with van der Waals surface area (Å²) in [6.45, 7) is 1.61. The van der Waals surface area contributed by atoms with Crippen molar-refractivity contribution in [2.75, 3.05) is 13.6 Å². The maximum atomic E-state index is 4.30. The molecule has 3 aromatic rings. The Morgan fingerprint density at radius 1 is 1.00 bits per heavy atom. The monoisotopic (exact) mass is 347 g/mol. The van der Waals surface area contributed by atoms with Gasteiger partial charge in [-0.3, -0.25) is 4.99 Å². The molecule has 1 aromatic heterocycles. The van der Waals surface area contributed by atoms with Gasteiger partial charge >= 0.3 is 0 Å². The van der Waals surface area contributed by atoms with Crippen molar-refractivity contribution in [2.24, 2.45) is 4.99 Å². The summed E-state index contributed by atoms with van der Waals surface area (Å²) in [5.74, 6) is 0.822. The van der Waals surface area contributed by atoms with Gasteiger partial charge in [-0.2, -0.15) is 5.10 Å². The zero-order valence-electron chi connectivity index (χ0n) is 15.1. The number of hydrogen-bond acceptors (Lipinski definition) is 2. The zero-order valence-corrected chi connectivity index (χ0v) is 15.1. The van der Waals surface area contributed by atoms with Crippen molar-refractivity contribution >= 4 is 5.96 Å². The summed E-state index contributed by atoms with van der Waals surface area (Å²) in [4.78, 5) is 4.30. The Kier molecular flexibility index (Phi) is 6.42. The summed E-state index contributed by atoms with van der Waals surface area (Å²) in [6, 6.07) is 20.8. The van der Waals surface area contributed by atoms with Gasteiger partial charge in [-0.25, -0.2) is 4.68 Å². The normalized spacial score (nSPS) is 11.3. The number of nitrogens with zero attached hydrogens (tertiary/aromatic N) is 3. The molecule has 26 heavy (non-hydrogen) atoms. The maximum absolute atomic E-state index is 4.30. The fraction of sp³-hybridized carbons (Fsp3) is 0.238. The number of benzene rings is 2. The van der Waals surface area contributed by atoms with Crippen molar-refractivity contribution in [2.45, 2.75) is 19.4 Å². The molecule has 0 spiro atoms. The summed E-state index contributed by atoms with van der Waals surface area (Å²) in [5, 5.41) is 11.0. The van der Waals surface area contributed by atoms with Crippen LogP contribution in [0.25, 0.3) is 5.69 Å². The maximum Gasteiger partial charge on any atom is 0.191 e. The Balaban J connectivity index is 1.45. The first-order valence-electron chi connectivity index (χ1n) is 8.92. The van der Waals surface area contributed by atoms with E-state index in [-0.39, 0.29) is 0 Å². The molecule has 0 aliphatic heterocycles. The van der Waals surface area contributed by atoms with Crippen LogP contribution in [0.15, 0.2) is 78.0 Å². The van der Waals surface area contributed by atoms with Gasteiger partial charge in [-0.1, -0.05) is 42.5 Å². The molecule has 2 aromatic carbocycles. The van der Waals surface area contributed by atoms with E-state index >= 15 is 0 Å². The number of aromatic nitrogens is 2. The highest BCUT2D eigenvalue weighted by molar-refractivity contribution is 5.79. The van der Waals surface area contributed by atoms with E-state index in [4.69, 9.17) is 0 Å². The lowest BCUT2D eigenvalue weighted by Gasteiger charge is -2.12. The minimum absolute atomic E-state index is 0.716. The molecule has 3 rings (SSSR count). The molecule has 0 atom stereocenters. The topological polar surface area (TPSA) is 54.2 Å². The second-order valence-corrected chi connectivity index (χ2v) is 6.06. The quantitative estimate of drug-likeness (QED) is 0.392. The molecule has 0 bridgehead atoms. The molecule has 1 heterocycles. The molecule has 5 nitrogen and oxygen atoms in total. The third-order valence-electron chi connectivity index (χ3n) is 4.14. The number of nitrogens with one attached hydrogen (secondary N) is 2. The summed E-state index contributed by atoms with van der Waals surface area (Å²) in [5.41, 5.74) is 3.61. The Hall–Kier alpha value is -3.08. The van der Waals surface area contributed by atoms with E-state index < -0.39 is 0 Å². The lowest BCUT2D eigenvalue weighted by atomic mass is 10.1. The predicted molar refractivity (Wildman–Crippen MR) is 107 cm³/mol. The molecule has 134 valence electrons. The minimum atomic E-state index is 0.716. The van der Waals surface area contributed by atoms with Crippen LogP contribution in [0.4, 0.5) is 0 Å². The highest BCUT2D eigenvalue weighted by atomic mass is 15.3. The molecule has 0 unspecified atom stereocenters. The van der Waals surface area contributed by atoms with E-state index in [1.165, 1.54) is 11.1 Å². The summed E-state index contributed by atoms with van der Waals surface area (Å²) < 4.78 is 1.86. The predicted octanol–water partition coefficient (Wildman–Crippen LogP) is 3.17. The van der Waals surface area contributed by atoms with Crippen molar-refractivity contribution in [1.82, 2.24) is 20.4 Å². The Morgan fingerprint density at radius 3 is 2.62 bits per heavy atom. The van der Waals surface area contributed by atoms with E-state index in [0.29, 0.717) is 6.54 Å². The number of hydrogen-bond donors (Lipinski definition) is 2. The third kappa shape index (κ3) is 5.21. The van der Waals surface area contributed by atoms with Crippen molar-refractivity contribution in [3.05, 3.63) is 84.2 Å². The number of aliphatic imine (C=N–C) groups is 1. The van der Waals surface area contributed by atoms with Gasteiger partial charge in [0.15, 0.2) is 5.96 Å². The van der Waals surface area contributed by atoms with E-state index in [1.54, 1.807) is 13.2 Å². The third-order valence-corrected chi connectivity index (χ3v) is 4.14. The Morgan fingerprint density at radius 2 is 1.85 bits per heavy atom. The fourth-order valence-electron chi connectivity index (χ4n) is 2.78. The van der Waals surface area contributed by atoms with Crippen LogP contribution in [0.3, 0.4) is 0 Å². The molecule has 0 radical (unpaired) electrons. The number of aryl methyl sites for hydroxylation is 1. The van der Waals surface area contributed by atoms with Gasteiger partial charge in [-0.15, -0.1) is 0 Å². The van der Waals surface area contributed by atoms with Crippen LogP contribution in [0.2, 0.25) is 0 Å². The van der Waals surface area contributed by atoms with Crippen LogP contribution < -0.4 is 10.6 Å². The van der Waals surface area contributed by atoms with Gasteiger partial charge < -0.3 is 10.6 Å². The summed E-state index contributed by atoms with van der Waals surface area (Å²) in [7, 11) is 1.80. The van der Waals surface area contributed by atoms with E-state index in [9.17, 15) is 0 Å².